The van der Waals surface area contributed by atoms with Crippen molar-refractivity contribution in [3.8, 4) is 5.75 Å². The van der Waals surface area contributed by atoms with Gasteiger partial charge in [-0.1, -0.05) is 48.6 Å². The Bertz CT molecular complexity index is 1220. The number of hydrogen-bond donors (Lipinski definition) is 1. The number of ether oxygens (including phenoxy) is 2. The van der Waals surface area contributed by atoms with Crippen LogP contribution in [0.5, 0.6) is 5.75 Å². The van der Waals surface area contributed by atoms with E-state index in [-0.39, 0.29) is 13.1 Å². The molecule has 3 aromatic rings. The van der Waals surface area contributed by atoms with E-state index in [9.17, 15) is 14.0 Å². The first kappa shape index (κ1) is 28.4. The molecule has 2 amide bonds. The fourth-order valence-electron chi connectivity index (χ4n) is 3.32. The van der Waals surface area contributed by atoms with Gasteiger partial charge in [0.25, 0.3) is 0 Å². The van der Waals surface area contributed by atoms with Crippen LogP contribution in [0.15, 0.2) is 54.7 Å². The summed E-state index contributed by atoms with van der Waals surface area (Å²) in [7, 11) is 0. The monoisotopic (exact) mass is 523 g/mol. The number of halogens is 1. The Labute approximate surface area is 222 Å². The Kier molecular flexibility index (Phi) is 9.98. The number of carbonyl (C=O) groups is 2. The molecule has 1 N–H and O–H groups in total. The molecule has 0 atom stereocenters. The lowest BCUT2D eigenvalue weighted by atomic mass is 10.1. The summed E-state index contributed by atoms with van der Waals surface area (Å²) in [5.41, 5.74) is 2.32. The van der Waals surface area contributed by atoms with Crippen LogP contribution >= 0.6 is 0 Å². The molecule has 0 aliphatic carbocycles. The molecule has 10 heteroatoms. The number of carbonyl (C=O) groups excluding carboxylic acids is 2. The van der Waals surface area contributed by atoms with Crippen LogP contribution in [-0.4, -0.2) is 46.0 Å². The molecular formula is C28H34FN5O4. The maximum atomic E-state index is 13.0. The standard InChI is InChI=1S/C28H34FN5O4/c1-5-17-30-26(35)37-25-14-10-22(11-15-25)7-6-21-8-12-24(13-9-21)34(27(36)38-28(2,3)4)20-23-19-33(18-16-29)32-31-23/h6-15,19H,5,16-18,20H2,1-4H3,(H,30,35)/b7-6+. The van der Waals surface area contributed by atoms with Crippen LogP contribution < -0.4 is 15.0 Å². The second-order valence-electron chi connectivity index (χ2n) is 9.54. The highest BCUT2D eigenvalue weighted by atomic mass is 19.1. The lowest BCUT2D eigenvalue weighted by Gasteiger charge is -2.27. The molecule has 0 unspecified atom stereocenters. The number of amides is 2. The maximum absolute atomic E-state index is 13.0. The van der Waals surface area contributed by atoms with E-state index in [0.29, 0.717) is 23.7 Å². The number of hydrogen-bond acceptors (Lipinski definition) is 6. The lowest BCUT2D eigenvalue weighted by Crippen LogP contribution is -2.36. The van der Waals surface area contributed by atoms with Gasteiger partial charge < -0.3 is 14.8 Å². The molecule has 1 aromatic heterocycles. The van der Waals surface area contributed by atoms with E-state index in [4.69, 9.17) is 9.47 Å². The SMILES string of the molecule is CCCNC(=O)Oc1ccc(/C=C/c2ccc(N(Cc3cn(CCF)nn3)C(=O)OC(C)(C)C)cc2)cc1. The molecule has 0 saturated heterocycles. The van der Waals surface area contributed by atoms with Crippen LogP contribution in [0.4, 0.5) is 19.7 Å². The molecule has 0 fully saturated rings. The van der Waals surface area contributed by atoms with Gasteiger partial charge in [-0.3, -0.25) is 4.90 Å². The number of anilines is 1. The zero-order chi connectivity index (χ0) is 27.5. The van der Waals surface area contributed by atoms with Gasteiger partial charge in [-0.05, 0) is 62.6 Å². The van der Waals surface area contributed by atoms with Crippen molar-refractivity contribution in [2.24, 2.45) is 0 Å². The topological polar surface area (TPSA) is 98.6 Å². The summed E-state index contributed by atoms with van der Waals surface area (Å²) in [6.45, 7) is 7.61. The zero-order valence-corrected chi connectivity index (χ0v) is 22.2. The predicted octanol–water partition coefficient (Wildman–Crippen LogP) is 5.86. The van der Waals surface area contributed by atoms with Crippen LogP contribution in [0.1, 0.15) is 50.9 Å². The van der Waals surface area contributed by atoms with Gasteiger partial charge >= 0.3 is 12.2 Å². The maximum Gasteiger partial charge on any atom is 0.415 e. The summed E-state index contributed by atoms with van der Waals surface area (Å²) in [6, 6.07) is 14.6. The number of aromatic nitrogens is 3. The molecule has 0 saturated carbocycles. The molecular weight excluding hydrogens is 489 g/mol. The Hall–Kier alpha value is -4.21. The number of benzene rings is 2. The van der Waals surface area contributed by atoms with E-state index in [1.807, 2.05) is 55.5 Å². The van der Waals surface area contributed by atoms with Gasteiger partial charge in [-0.2, -0.15) is 0 Å². The summed E-state index contributed by atoms with van der Waals surface area (Å²) in [5.74, 6) is 0.465. The summed E-state index contributed by atoms with van der Waals surface area (Å²) in [5, 5.41) is 10.6. The van der Waals surface area contributed by atoms with Crippen molar-refractivity contribution in [2.75, 3.05) is 18.1 Å². The third-order valence-corrected chi connectivity index (χ3v) is 5.12. The number of nitrogens with zero attached hydrogens (tertiary/aromatic N) is 4. The first-order valence-electron chi connectivity index (χ1n) is 12.5. The van der Waals surface area contributed by atoms with Crippen molar-refractivity contribution in [1.82, 2.24) is 20.3 Å². The van der Waals surface area contributed by atoms with Crippen molar-refractivity contribution >= 4 is 30.0 Å². The molecule has 0 aliphatic heterocycles. The van der Waals surface area contributed by atoms with Crippen molar-refractivity contribution < 1.29 is 23.5 Å². The van der Waals surface area contributed by atoms with E-state index in [2.05, 4.69) is 15.6 Å². The van der Waals surface area contributed by atoms with Crippen LogP contribution in [0.2, 0.25) is 0 Å². The Balaban J connectivity index is 1.69. The summed E-state index contributed by atoms with van der Waals surface area (Å²) in [4.78, 5) is 26.1. The fourth-order valence-corrected chi connectivity index (χ4v) is 3.32. The second-order valence-corrected chi connectivity index (χ2v) is 9.54. The Morgan fingerprint density at radius 1 is 1.05 bits per heavy atom. The van der Waals surface area contributed by atoms with Gasteiger partial charge in [0, 0.05) is 12.2 Å². The van der Waals surface area contributed by atoms with Crippen LogP contribution in [-0.2, 0) is 17.8 Å². The number of aryl methyl sites for hydroxylation is 1. The summed E-state index contributed by atoms with van der Waals surface area (Å²) < 4.78 is 24.9. The third kappa shape index (κ3) is 9.02. The van der Waals surface area contributed by atoms with Crippen molar-refractivity contribution in [3.63, 3.8) is 0 Å². The van der Waals surface area contributed by atoms with Crippen LogP contribution in [0.25, 0.3) is 12.2 Å². The summed E-state index contributed by atoms with van der Waals surface area (Å²) >= 11 is 0. The van der Waals surface area contributed by atoms with Gasteiger partial charge in [0.15, 0.2) is 0 Å². The second kappa shape index (κ2) is 13.4. The fraction of sp³-hybridized carbons (Fsp3) is 0.357. The van der Waals surface area contributed by atoms with Gasteiger partial charge in [0.1, 0.15) is 23.7 Å². The minimum Gasteiger partial charge on any atom is -0.443 e. The Morgan fingerprint density at radius 3 is 2.26 bits per heavy atom. The highest BCUT2D eigenvalue weighted by molar-refractivity contribution is 5.88. The van der Waals surface area contributed by atoms with Crippen molar-refractivity contribution in [3.05, 3.63) is 71.5 Å². The molecule has 0 spiro atoms. The zero-order valence-electron chi connectivity index (χ0n) is 22.2. The molecule has 202 valence electrons. The smallest absolute Gasteiger partial charge is 0.415 e. The van der Waals surface area contributed by atoms with E-state index in [1.165, 1.54) is 9.58 Å². The molecule has 0 bridgehead atoms. The average Bonchev–Trinajstić information content (AvgIpc) is 3.32. The molecule has 3 rings (SSSR count). The highest BCUT2D eigenvalue weighted by Gasteiger charge is 2.24. The molecule has 0 aliphatic rings. The number of nitrogens with one attached hydrogen (secondary N) is 1. The normalized spacial score (nSPS) is 11.4. The number of alkyl halides is 1. The largest absolute Gasteiger partial charge is 0.443 e. The first-order chi connectivity index (χ1) is 18.2. The first-order valence-corrected chi connectivity index (χ1v) is 12.5. The van der Waals surface area contributed by atoms with Gasteiger partial charge in [-0.15, -0.1) is 5.10 Å². The van der Waals surface area contributed by atoms with Crippen LogP contribution in [0.3, 0.4) is 0 Å². The Morgan fingerprint density at radius 2 is 1.68 bits per heavy atom. The van der Waals surface area contributed by atoms with E-state index >= 15 is 0 Å². The lowest BCUT2D eigenvalue weighted by molar-refractivity contribution is 0.0577. The molecule has 0 radical (unpaired) electrons. The van der Waals surface area contributed by atoms with Gasteiger partial charge in [-0.25, -0.2) is 18.7 Å². The number of rotatable bonds is 10. The molecule has 2 aromatic carbocycles. The average molecular weight is 524 g/mol. The minimum absolute atomic E-state index is 0.102. The van der Waals surface area contributed by atoms with Crippen molar-refractivity contribution in [1.29, 1.82) is 0 Å². The third-order valence-electron chi connectivity index (χ3n) is 5.12. The van der Waals surface area contributed by atoms with E-state index in [1.54, 1.807) is 39.1 Å². The predicted molar refractivity (Wildman–Crippen MR) is 145 cm³/mol. The molecule has 1 heterocycles. The quantitative estimate of drug-likeness (QED) is 0.334. The summed E-state index contributed by atoms with van der Waals surface area (Å²) in [6.07, 6.45) is 5.33. The van der Waals surface area contributed by atoms with Gasteiger partial charge in [0.05, 0.1) is 19.3 Å². The molecule has 38 heavy (non-hydrogen) atoms. The van der Waals surface area contributed by atoms with Crippen molar-refractivity contribution in [2.45, 2.75) is 52.8 Å². The minimum atomic E-state index is -0.677. The van der Waals surface area contributed by atoms with Crippen LogP contribution in [0, 0.1) is 0 Å². The van der Waals surface area contributed by atoms with E-state index < -0.39 is 24.5 Å². The molecule has 9 nitrogen and oxygen atoms in total. The van der Waals surface area contributed by atoms with Gasteiger partial charge in [0.2, 0.25) is 0 Å². The highest BCUT2D eigenvalue weighted by Crippen LogP contribution is 2.22. The van der Waals surface area contributed by atoms with E-state index in [0.717, 1.165) is 17.5 Å².